The highest BCUT2D eigenvalue weighted by Gasteiger charge is 2.50. The minimum atomic E-state index is -1.56. The van der Waals surface area contributed by atoms with Gasteiger partial charge in [0.25, 0.3) is 10.2 Å². The number of hydrogen-bond acceptors (Lipinski definition) is 12. The number of ether oxygens (including phenoxy) is 1. The van der Waals surface area contributed by atoms with E-state index in [4.69, 9.17) is 10.5 Å². The molecule has 0 aliphatic carbocycles. The number of aliphatic hydroxyl groups excluding tert-OH is 1. The zero-order valence-electron chi connectivity index (χ0n) is 12.2. The maximum Gasteiger partial charge on any atom is 0.295 e. The number of hydrogen-bond donors (Lipinski definition) is 2. The first-order chi connectivity index (χ1) is 11.9. The lowest BCUT2D eigenvalue weighted by Crippen LogP contribution is -2.40. The molecule has 15 nitrogen and oxygen atoms in total. The molecule has 3 heterocycles. The summed E-state index contributed by atoms with van der Waals surface area (Å²) in [4.78, 5) is 42.1. The van der Waals surface area contributed by atoms with Gasteiger partial charge in [-0.2, -0.15) is 0 Å². The molecule has 15 heteroatoms. The fourth-order valence-electron chi connectivity index (χ4n) is 2.57. The smallest absolute Gasteiger partial charge is 0.295 e. The van der Waals surface area contributed by atoms with Crippen LogP contribution in [0.4, 0.5) is 5.82 Å². The molecule has 0 bridgehead atoms. The lowest BCUT2D eigenvalue weighted by Gasteiger charge is -2.20. The zero-order chi connectivity index (χ0) is 18.1. The third kappa shape index (κ3) is 2.92. The highest BCUT2D eigenvalue weighted by Crippen LogP contribution is 2.35. The SMILES string of the molecule is Nc1ncnc2c1ncn2[C@@H]1O[C@H](CO)[C@@H](O[N+](=O)[O-])[C@H]1O[N+](=O)[O-]. The Morgan fingerprint density at radius 1 is 1.24 bits per heavy atom. The van der Waals surface area contributed by atoms with Gasteiger partial charge in [0, 0.05) is 0 Å². The summed E-state index contributed by atoms with van der Waals surface area (Å²) in [6, 6.07) is 0. The van der Waals surface area contributed by atoms with Crippen LogP contribution >= 0.6 is 0 Å². The monoisotopic (exact) mass is 357 g/mol. The van der Waals surface area contributed by atoms with Crippen molar-refractivity contribution in [3.05, 3.63) is 32.9 Å². The Balaban J connectivity index is 2.04. The van der Waals surface area contributed by atoms with Gasteiger partial charge in [0.05, 0.1) is 12.9 Å². The van der Waals surface area contributed by atoms with E-state index in [1.165, 1.54) is 10.9 Å². The second kappa shape index (κ2) is 6.29. The molecule has 1 saturated heterocycles. The van der Waals surface area contributed by atoms with Gasteiger partial charge in [-0.25, -0.2) is 15.0 Å². The van der Waals surface area contributed by atoms with Crippen LogP contribution in [0.25, 0.3) is 11.2 Å². The molecule has 134 valence electrons. The van der Waals surface area contributed by atoms with E-state index in [1.807, 2.05) is 0 Å². The largest absolute Gasteiger partial charge is 0.394 e. The molecule has 0 aromatic carbocycles. The van der Waals surface area contributed by atoms with Crippen LogP contribution in [0, 0.1) is 20.2 Å². The number of aliphatic hydroxyl groups is 1. The van der Waals surface area contributed by atoms with Crippen LogP contribution in [0.15, 0.2) is 12.7 Å². The zero-order valence-corrected chi connectivity index (χ0v) is 12.2. The average molecular weight is 357 g/mol. The molecule has 1 fully saturated rings. The average Bonchev–Trinajstić information content (AvgIpc) is 3.10. The van der Waals surface area contributed by atoms with Crippen molar-refractivity contribution in [2.24, 2.45) is 0 Å². The van der Waals surface area contributed by atoms with Gasteiger partial charge in [-0.1, -0.05) is 0 Å². The molecule has 0 radical (unpaired) electrons. The van der Waals surface area contributed by atoms with Crippen molar-refractivity contribution in [1.29, 1.82) is 0 Å². The van der Waals surface area contributed by atoms with Crippen molar-refractivity contribution < 1.29 is 29.7 Å². The highest BCUT2D eigenvalue weighted by atomic mass is 17.0. The van der Waals surface area contributed by atoms with Gasteiger partial charge in [-0.15, -0.1) is 20.2 Å². The van der Waals surface area contributed by atoms with Crippen LogP contribution in [0.2, 0.25) is 0 Å². The topological polar surface area (TPSA) is 204 Å². The molecular formula is C10H11N7O8. The van der Waals surface area contributed by atoms with Crippen LogP contribution in [0.1, 0.15) is 6.23 Å². The molecule has 1 aliphatic heterocycles. The quantitative estimate of drug-likeness (QED) is 0.445. The van der Waals surface area contributed by atoms with Gasteiger partial charge in [0.1, 0.15) is 17.9 Å². The Kier molecular flexibility index (Phi) is 4.15. The summed E-state index contributed by atoms with van der Waals surface area (Å²) in [6.45, 7) is -0.698. The predicted molar refractivity (Wildman–Crippen MR) is 74.5 cm³/mol. The number of nitrogen functional groups attached to an aromatic ring is 1. The number of fused-ring (bicyclic) bond motifs is 1. The van der Waals surface area contributed by atoms with E-state index in [-0.39, 0.29) is 17.0 Å². The summed E-state index contributed by atoms with van der Waals surface area (Å²) in [6.07, 6.45) is -3.30. The van der Waals surface area contributed by atoms with Gasteiger partial charge in [-0.05, 0) is 0 Å². The third-order valence-electron chi connectivity index (χ3n) is 3.54. The van der Waals surface area contributed by atoms with E-state index < -0.39 is 41.3 Å². The lowest BCUT2D eigenvalue weighted by molar-refractivity contribution is -0.798. The summed E-state index contributed by atoms with van der Waals surface area (Å²) >= 11 is 0. The van der Waals surface area contributed by atoms with E-state index in [9.17, 15) is 25.3 Å². The molecule has 4 atom stereocenters. The normalized spacial score (nSPS) is 25.8. The van der Waals surface area contributed by atoms with E-state index in [1.54, 1.807) is 0 Å². The molecule has 0 saturated carbocycles. The number of nitrogens with two attached hydrogens (primary N) is 1. The van der Waals surface area contributed by atoms with E-state index >= 15 is 0 Å². The summed E-state index contributed by atoms with van der Waals surface area (Å²) in [5.41, 5.74) is 6.03. The number of rotatable bonds is 6. The van der Waals surface area contributed by atoms with Gasteiger partial charge in [0.2, 0.25) is 0 Å². The molecule has 2 aromatic heterocycles. The highest BCUT2D eigenvalue weighted by molar-refractivity contribution is 5.81. The van der Waals surface area contributed by atoms with Crippen molar-refractivity contribution in [3.8, 4) is 0 Å². The Morgan fingerprint density at radius 2 is 1.92 bits per heavy atom. The van der Waals surface area contributed by atoms with Crippen LogP contribution in [0.5, 0.6) is 0 Å². The van der Waals surface area contributed by atoms with Crippen molar-refractivity contribution in [1.82, 2.24) is 19.5 Å². The lowest BCUT2D eigenvalue weighted by atomic mass is 10.1. The number of nitrogens with zero attached hydrogens (tertiary/aromatic N) is 6. The first kappa shape index (κ1) is 16.5. The number of anilines is 1. The van der Waals surface area contributed by atoms with Crippen LogP contribution in [0.3, 0.4) is 0 Å². The van der Waals surface area contributed by atoms with Gasteiger partial charge >= 0.3 is 0 Å². The molecular weight excluding hydrogens is 346 g/mol. The summed E-state index contributed by atoms with van der Waals surface area (Å²) < 4.78 is 6.67. The van der Waals surface area contributed by atoms with Crippen molar-refractivity contribution in [2.45, 2.75) is 24.5 Å². The summed E-state index contributed by atoms with van der Waals surface area (Å²) in [5, 5.41) is 28.5. The Hall–Kier alpha value is -3.33. The fraction of sp³-hybridized carbons (Fsp3) is 0.500. The van der Waals surface area contributed by atoms with Gasteiger partial charge < -0.3 is 25.3 Å². The summed E-state index contributed by atoms with van der Waals surface area (Å²) in [7, 11) is 0. The van der Waals surface area contributed by atoms with E-state index in [0.717, 1.165) is 6.33 Å². The molecule has 3 N–H and O–H groups in total. The first-order valence-corrected chi connectivity index (χ1v) is 6.74. The second-order valence-corrected chi connectivity index (χ2v) is 4.92. The predicted octanol–water partition coefficient (Wildman–Crippen LogP) is -1.55. The molecule has 2 aromatic rings. The Bertz CT molecular complexity index is 812. The van der Waals surface area contributed by atoms with Crippen LogP contribution in [-0.2, 0) is 14.4 Å². The maximum atomic E-state index is 10.8. The van der Waals surface area contributed by atoms with Gasteiger partial charge in [0.15, 0.2) is 29.9 Å². The maximum absolute atomic E-state index is 10.8. The van der Waals surface area contributed by atoms with Crippen molar-refractivity contribution in [3.63, 3.8) is 0 Å². The Morgan fingerprint density at radius 3 is 2.56 bits per heavy atom. The van der Waals surface area contributed by atoms with E-state index in [2.05, 4.69) is 24.6 Å². The van der Waals surface area contributed by atoms with Crippen molar-refractivity contribution in [2.75, 3.05) is 12.3 Å². The summed E-state index contributed by atoms with van der Waals surface area (Å²) in [5.74, 6) is 0.0605. The Labute approximate surface area is 137 Å². The standard InChI is InChI=1S/C10H11N7O8/c11-8-5-9(13-2-12-8)15(3-14-5)10-7(25-17(21)22)6(24-16(19)20)4(1-18)23-10/h2-4,6-7,10,18H,1H2,(H2,11,12,13)/t4-,6-,7-,10-/m1/s1. The number of imidazole rings is 1. The number of aromatic nitrogens is 4. The third-order valence-corrected chi connectivity index (χ3v) is 3.54. The molecule has 25 heavy (non-hydrogen) atoms. The first-order valence-electron chi connectivity index (χ1n) is 6.74. The molecule has 3 rings (SSSR count). The van der Waals surface area contributed by atoms with E-state index in [0.29, 0.717) is 0 Å². The van der Waals surface area contributed by atoms with Crippen LogP contribution in [-0.4, -0.2) is 59.7 Å². The fourth-order valence-corrected chi connectivity index (χ4v) is 2.57. The van der Waals surface area contributed by atoms with Gasteiger partial charge in [-0.3, -0.25) is 4.57 Å². The molecule has 0 spiro atoms. The second-order valence-electron chi connectivity index (χ2n) is 4.92. The van der Waals surface area contributed by atoms with Crippen LogP contribution < -0.4 is 5.73 Å². The molecule has 1 aliphatic rings. The minimum absolute atomic E-state index is 0.0605. The molecule has 0 unspecified atom stereocenters. The molecule has 0 amide bonds. The van der Waals surface area contributed by atoms with Crippen molar-refractivity contribution >= 4 is 17.0 Å². The minimum Gasteiger partial charge on any atom is -0.394 e.